The monoisotopic (exact) mass is 417 g/mol. The molecule has 2 aromatic heterocycles. The number of aromatic nitrogens is 2. The first-order chi connectivity index (χ1) is 15.2. The van der Waals surface area contributed by atoms with E-state index in [2.05, 4.69) is 10.4 Å². The van der Waals surface area contributed by atoms with Crippen molar-refractivity contribution in [2.75, 3.05) is 13.2 Å². The minimum absolute atomic E-state index is 0.220. The number of amides is 1. The third kappa shape index (κ3) is 5.07. The number of carbonyl (C=O) groups is 1. The first-order valence-electron chi connectivity index (χ1n) is 10.1. The van der Waals surface area contributed by atoms with Crippen LogP contribution in [0.5, 0.6) is 0 Å². The smallest absolute Gasteiger partial charge is 0.274 e. The van der Waals surface area contributed by atoms with E-state index in [0.29, 0.717) is 43.5 Å². The molecule has 0 saturated carbocycles. The molecule has 4 aromatic rings. The van der Waals surface area contributed by atoms with Gasteiger partial charge in [-0.25, -0.2) is 4.68 Å². The second-order valence-corrected chi connectivity index (χ2v) is 7.08. The molecule has 0 saturated heterocycles. The molecule has 1 N–H and O–H groups in total. The number of nitrogens with one attached hydrogen (secondary N) is 1. The number of hydrogen-bond acceptors (Lipinski definition) is 5. The summed E-state index contributed by atoms with van der Waals surface area (Å²) < 4.78 is 12.1. The van der Waals surface area contributed by atoms with Gasteiger partial charge in [-0.05, 0) is 30.2 Å². The number of fused-ring (bicyclic) bond motifs is 1. The fraction of sp³-hybridized carbons (Fsp3) is 0.208. The number of carbonyl (C=O) groups excluding carboxylic acids is 1. The van der Waals surface area contributed by atoms with E-state index in [1.165, 1.54) is 4.68 Å². The molecular weight excluding hydrogens is 394 g/mol. The highest BCUT2D eigenvalue weighted by Crippen LogP contribution is 2.14. The van der Waals surface area contributed by atoms with Crippen LogP contribution in [0.1, 0.15) is 28.2 Å². The first-order valence-corrected chi connectivity index (χ1v) is 10.1. The summed E-state index contributed by atoms with van der Waals surface area (Å²) >= 11 is 0. The van der Waals surface area contributed by atoms with E-state index >= 15 is 0 Å². The largest absolute Gasteiger partial charge is 0.467 e. The average molecular weight is 417 g/mol. The van der Waals surface area contributed by atoms with Crippen LogP contribution in [0.25, 0.3) is 10.8 Å². The molecule has 0 aliphatic heterocycles. The summed E-state index contributed by atoms with van der Waals surface area (Å²) in [5, 5.41) is 8.29. The SMILES string of the molecule is O=C(NCCCOCc1ccco1)c1nn(Cc2ccccc2)c(=O)c2ccccc12. The Bertz CT molecular complexity index is 1200. The zero-order valence-corrected chi connectivity index (χ0v) is 17.0. The van der Waals surface area contributed by atoms with Gasteiger partial charge in [0.25, 0.3) is 11.5 Å². The molecule has 2 heterocycles. The lowest BCUT2D eigenvalue weighted by Gasteiger charge is -2.11. The molecule has 7 nitrogen and oxygen atoms in total. The Morgan fingerprint density at radius 2 is 1.77 bits per heavy atom. The second kappa shape index (κ2) is 9.86. The zero-order valence-electron chi connectivity index (χ0n) is 17.0. The van der Waals surface area contributed by atoms with Crippen LogP contribution in [0.4, 0.5) is 0 Å². The van der Waals surface area contributed by atoms with E-state index in [-0.39, 0.29) is 17.2 Å². The van der Waals surface area contributed by atoms with Crippen LogP contribution in [0.2, 0.25) is 0 Å². The molecule has 31 heavy (non-hydrogen) atoms. The molecule has 0 aliphatic carbocycles. The van der Waals surface area contributed by atoms with Gasteiger partial charge in [0.15, 0.2) is 5.69 Å². The number of hydrogen-bond donors (Lipinski definition) is 1. The van der Waals surface area contributed by atoms with Gasteiger partial charge in [0.1, 0.15) is 12.4 Å². The summed E-state index contributed by atoms with van der Waals surface area (Å²) in [6.07, 6.45) is 2.25. The van der Waals surface area contributed by atoms with Crippen LogP contribution in [-0.4, -0.2) is 28.8 Å². The molecule has 0 bridgehead atoms. The number of rotatable bonds is 9. The molecular formula is C24H23N3O4. The topological polar surface area (TPSA) is 86.4 Å². The van der Waals surface area contributed by atoms with Gasteiger partial charge >= 0.3 is 0 Å². The minimum Gasteiger partial charge on any atom is -0.467 e. The van der Waals surface area contributed by atoms with E-state index in [1.807, 2.05) is 42.5 Å². The molecule has 0 unspecified atom stereocenters. The molecule has 158 valence electrons. The number of nitrogens with zero attached hydrogens (tertiary/aromatic N) is 2. The predicted molar refractivity (Wildman–Crippen MR) is 117 cm³/mol. The summed E-state index contributed by atoms with van der Waals surface area (Å²) in [6, 6.07) is 20.3. The van der Waals surface area contributed by atoms with Crippen molar-refractivity contribution >= 4 is 16.7 Å². The Labute approximate surface area is 179 Å². The van der Waals surface area contributed by atoms with E-state index in [1.54, 1.807) is 30.5 Å². The summed E-state index contributed by atoms with van der Waals surface area (Å²) in [6.45, 7) is 1.62. The van der Waals surface area contributed by atoms with E-state index in [9.17, 15) is 9.59 Å². The highest BCUT2D eigenvalue weighted by Gasteiger charge is 2.16. The normalized spacial score (nSPS) is 11.0. The molecule has 0 radical (unpaired) electrons. The maximum absolute atomic E-state index is 12.9. The van der Waals surface area contributed by atoms with E-state index in [4.69, 9.17) is 9.15 Å². The standard InChI is InChI=1S/C24H23N3O4/c28-23(25-13-7-14-30-17-19-10-6-15-31-19)22-20-11-4-5-12-21(20)24(29)27(26-22)16-18-8-2-1-3-9-18/h1-6,8-12,15H,7,13-14,16-17H2,(H,25,28). The van der Waals surface area contributed by atoms with Crippen molar-refractivity contribution in [3.8, 4) is 0 Å². The lowest BCUT2D eigenvalue weighted by Crippen LogP contribution is -2.31. The van der Waals surface area contributed by atoms with E-state index in [0.717, 1.165) is 11.3 Å². The van der Waals surface area contributed by atoms with Crippen molar-refractivity contribution in [2.45, 2.75) is 19.6 Å². The van der Waals surface area contributed by atoms with Crippen LogP contribution < -0.4 is 10.9 Å². The minimum atomic E-state index is -0.316. The Hall–Kier alpha value is -3.71. The van der Waals surface area contributed by atoms with Crippen molar-refractivity contribution < 1.29 is 13.9 Å². The van der Waals surface area contributed by atoms with Gasteiger partial charge in [0, 0.05) is 18.5 Å². The van der Waals surface area contributed by atoms with Crippen molar-refractivity contribution in [2.24, 2.45) is 0 Å². The Morgan fingerprint density at radius 3 is 2.55 bits per heavy atom. The number of furan rings is 1. The van der Waals surface area contributed by atoms with Crippen molar-refractivity contribution in [3.63, 3.8) is 0 Å². The molecule has 4 rings (SSSR count). The van der Waals surface area contributed by atoms with Crippen molar-refractivity contribution in [3.05, 3.63) is 100 Å². The number of benzene rings is 2. The van der Waals surface area contributed by atoms with Gasteiger partial charge in [0.2, 0.25) is 0 Å². The molecule has 7 heteroatoms. The summed E-state index contributed by atoms with van der Waals surface area (Å²) in [5.74, 6) is 0.449. The maximum atomic E-state index is 12.9. The lowest BCUT2D eigenvalue weighted by atomic mass is 10.1. The van der Waals surface area contributed by atoms with Crippen LogP contribution in [-0.2, 0) is 17.9 Å². The summed E-state index contributed by atoms with van der Waals surface area (Å²) in [7, 11) is 0. The van der Waals surface area contributed by atoms with E-state index < -0.39 is 0 Å². The molecule has 0 fully saturated rings. The van der Waals surface area contributed by atoms with Crippen LogP contribution in [0, 0.1) is 0 Å². The third-order valence-electron chi connectivity index (χ3n) is 4.83. The quantitative estimate of drug-likeness (QED) is 0.422. The van der Waals surface area contributed by atoms with Gasteiger partial charge in [-0.2, -0.15) is 5.10 Å². The average Bonchev–Trinajstić information content (AvgIpc) is 3.32. The van der Waals surface area contributed by atoms with Crippen LogP contribution in [0.3, 0.4) is 0 Å². The maximum Gasteiger partial charge on any atom is 0.274 e. The second-order valence-electron chi connectivity index (χ2n) is 7.08. The third-order valence-corrected chi connectivity index (χ3v) is 4.83. The lowest BCUT2D eigenvalue weighted by molar-refractivity contribution is 0.0912. The van der Waals surface area contributed by atoms with Gasteiger partial charge in [-0.3, -0.25) is 9.59 Å². The van der Waals surface area contributed by atoms with Crippen LogP contribution in [0.15, 0.2) is 82.2 Å². The Morgan fingerprint density at radius 1 is 1.00 bits per heavy atom. The van der Waals surface area contributed by atoms with Gasteiger partial charge < -0.3 is 14.5 Å². The summed E-state index contributed by atoms with van der Waals surface area (Å²) in [4.78, 5) is 25.7. The zero-order chi connectivity index (χ0) is 21.5. The highest BCUT2D eigenvalue weighted by atomic mass is 16.5. The molecule has 2 aromatic carbocycles. The van der Waals surface area contributed by atoms with Crippen LogP contribution >= 0.6 is 0 Å². The van der Waals surface area contributed by atoms with Crippen molar-refractivity contribution in [1.29, 1.82) is 0 Å². The van der Waals surface area contributed by atoms with Crippen molar-refractivity contribution in [1.82, 2.24) is 15.1 Å². The molecule has 0 aliphatic rings. The van der Waals surface area contributed by atoms with Gasteiger partial charge in [-0.15, -0.1) is 0 Å². The molecule has 1 amide bonds. The Kier molecular flexibility index (Phi) is 6.54. The molecule has 0 atom stereocenters. The van der Waals surface area contributed by atoms with Gasteiger partial charge in [0.05, 0.1) is 18.2 Å². The number of ether oxygens (including phenoxy) is 1. The predicted octanol–water partition coefficient (Wildman–Crippen LogP) is 3.37. The highest BCUT2D eigenvalue weighted by molar-refractivity contribution is 6.04. The molecule has 0 spiro atoms. The van der Waals surface area contributed by atoms with Gasteiger partial charge in [-0.1, -0.05) is 48.5 Å². The summed E-state index contributed by atoms with van der Waals surface area (Å²) in [5.41, 5.74) is 0.956. The fourth-order valence-corrected chi connectivity index (χ4v) is 3.29. The first kappa shape index (κ1) is 20.6. The Balaban J connectivity index is 1.44. The fourth-order valence-electron chi connectivity index (χ4n) is 3.29.